The maximum absolute atomic E-state index is 13.0. The van der Waals surface area contributed by atoms with Crippen molar-refractivity contribution in [1.29, 1.82) is 5.26 Å². The zero-order valence-corrected chi connectivity index (χ0v) is 19.1. The molecule has 170 valence electrons. The van der Waals surface area contributed by atoms with Gasteiger partial charge in [0, 0.05) is 40.2 Å². The predicted octanol–water partition coefficient (Wildman–Crippen LogP) is 4.12. The molecule has 0 aliphatic carbocycles. The van der Waals surface area contributed by atoms with E-state index in [2.05, 4.69) is 29.8 Å². The number of carbonyl (C=O) groups excluding carboxylic acids is 2. The Balaban J connectivity index is 2.05. The summed E-state index contributed by atoms with van der Waals surface area (Å²) in [6, 6.07) is 15.5. The molecule has 2 aromatic rings. The molecule has 0 atom stereocenters. The molecule has 7 nitrogen and oxygen atoms in total. The van der Waals surface area contributed by atoms with Crippen molar-refractivity contribution in [3.05, 3.63) is 71.3 Å². The minimum absolute atomic E-state index is 0.0145. The van der Waals surface area contributed by atoms with Crippen LogP contribution in [0, 0.1) is 11.3 Å². The van der Waals surface area contributed by atoms with Gasteiger partial charge in [-0.05, 0) is 37.6 Å². The van der Waals surface area contributed by atoms with Gasteiger partial charge in [0.05, 0.1) is 13.7 Å². The van der Waals surface area contributed by atoms with Crippen LogP contribution < -0.4 is 15.0 Å². The zero-order valence-electron chi connectivity index (χ0n) is 19.1. The van der Waals surface area contributed by atoms with Crippen molar-refractivity contribution in [1.82, 2.24) is 5.32 Å². The number of methoxy groups -OCH3 is 1. The summed E-state index contributed by atoms with van der Waals surface area (Å²) in [6.07, 6.45) is 0.924. The molecule has 2 aromatic carbocycles. The number of esters is 1. The second-order valence-electron chi connectivity index (χ2n) is 7.59. The standard InChI is InChI=1S/C26H27N3O4/c1-5-13-29-22-9-7-6-8-19(22)24(20-15-18(32-4)10-11-23(20)29)21(16-27)25(30)28-12-14-33-26(31)17(2)3/h6-11,15H,2,5,12-14H2,1,3-4H3,(H,28,30). The number of benzene rings is 2. The molecule has 0 fully saturated rings. The van der Waals surface area contributed by atoms with E-state index in [1.54, 1.807) is 14.0 Å². The molecule has 33 heavy (non-hydrogen) atoms. The van der Waals surface area contributed by atoms with Crippen molar-refractivity contribution in [3.63, 3.8) is 0 Å². The molecular weight excluding hydrogens is 418 g/mol. The van der Waals surface area contributed by atoms with E-state index in [4.69, 9.17) is 9.47 Å². The Kier molecular flexibility index (Phi) is 7.52. The van der Waals surface area contributed by atoms with Crippen molar-refractivity contribution >= 4 is 28.8 Å². The SMILES string of the molecule is C=C(C)C(=O)OCCNC(=O)C(C#N)=C1c2ccccc2N(CCC)c2ccc(OC)cc21. The highest BCUT2D eigenvalue weighted by atomic mass is 16.5. The molecule has 0 saturated heterocycles. The maximum atomic E-state index is 13.0. The molecule has 0 saturated carbocycles. The van der Waals surface area contributed by atoms with E-state index in [9.17, 15) is 14.9 Å². The van der Waals surface area contributed by atoms with Gasteiger partial charge in [0.25, 0.3) is 5.91 Å². The first-order valence-electron chi connectivity index (χ1n) is 10.7. The highest BCUT2D eigenvalue weighted by molar-refractivity contribution is 6.12. The third-order valence-corrected chi connectivity index (χ3v) is 5.23. The second-order valence-corrected chi connectivity index (χ2v) is 7.59. The number of amides is 1. The second kappa shape index (κ2) is 10.5. The molecule has 0 radical (unpaired) electrons. The Morgan fingerprint density at radius 1 is 1.15 bits per heavy atom. The third kappa shape index (κ3) is 4.90. The van der Waals surface area contributed by atoms with Crippen LogP contribution in [-0.2, 0) is 14.3 Å². The van der Waals surface area contributed by atoms with Crippen LogP contribution in [0.15, 0.2) is 60.2 Å². The largest absolute Gasteiger partial charge is 0.497 e. The van der Waals surface area contributed by atoms with Crippen LogP contribution in [0.3, 0.4) is 0 Å². The van der Waals surface area contributed by atoms with Gasteiger partial charge >= 0.3 is 5.97 Å². The number of nitriles is 1. The molecular formula is C26H27N3O4. The van der Waals surface area contributed by atoms with E-state index in [0.717, 1.165) is 35.5 Å². The van der Waals surface area contributed by atoms with Crippen molar-refractivity contribution in [3.8, 4) is 11.8 Å². The van der Waals surface area contributed by atoms with E-state index < -0.39 is 11.9 Å². The van der Waals surface area contributed by atoms with E-state index in [1.807, 2.05) is 42.5 Å². The van der Waals surface area contributed by atoms with Crippen LogP contribution in [0.4, 0.5) is 11.4 Å². The summed E-state index contributed by atoms with van der Waals surface area (Å²) in [5, 5.41) is 12.7. The Morgan fingerprint density at radius 2 is 1.88 bits per heavy atom. The van der Waals surface area contributed by atoms with E-state index in [-0.39, 0.29) is 24.3 Å². The van der Waals surface area contributed by atoms with Crippen LogP contribution in [0.5, 0.6) is 5.75 Å². The summed E-state index contributed by atoms with van der Waals surface area (Å²) in [7, 11) is 1.58. The normalized spacial score (nSPS) is 13.2. The van der Waals surface area contributed by atoms with Gasteiger partial charge in [-0.2, -0.15) is 5.26 Å². The fourth-order valence-corrected chi connectivity index (χ4v) is 3.75. The van der Waals surface area contributed by atoms with Gasteiger partial charge < -0.3 is 19.7 Å². The number of nitrogens with zero attached hydrogens (tertiary/aromatic N) is 2. The van der Waals surface area contributed by atoms with Gasteiger partial charge in [0.15, 0.2) is 0 Å². The van der Waals surface area contributed by atoms with Gasteiger partial charge in [0.1, 0.15) is 24.0 Å². The van der Waals surface area contributed by atoms with E-state index in [0.29, 0.717) is 11.3 Å². The maximum Gasteiger partial charge on any atom is 0.333 e. The quantitative estimate of drug-likeness (QED) is 0.284. The van der Waals surface area contributed by atoms with E-state index in [1.165, 1.54) is 0 Å². The Bertz CT molecular complexity index is 1160. The van der Waals surface area contributed by atoms with Crippen molar-refractivity contribution in [2.75, 3.05) is 31.7 Å². The lowest BCUT2D eigenvalue weighted by atomic mass is 9.86. The number of carbonyl (C=O) groups is 2. The average molecular weight is 446 g/mol. The van der Waals surface area contributed by atoms with Crippen molar-refractivity contribution < 1.29 is 19.1 Å². The molecule has 0 unspecified atom stereocenters. The molecule has 1 aliphatic heterocycles. The minimum Gasteiger partial charge on any atom is -0.497 e. The molecule has 0 aromatic heterocycles. The summed E-state index contributed by atoms with van der Waals surface area (Å²) >= 11 is 0. The Morgan fingerprint density at radius 3 is 2.55 bits per heavy atom. The monoisotopic (exact) mass is 445 g/mol. The lowest BCUT2D eigenvalue weighted by Gasteiger charge is -2.35. The summed E-state index contributed by atoms with van der Waals surface area (Å²) < 4.78 is 10.4. The summed E-state index contributed by atoms with van der Waals surface area (Å²) in [4.78, 5) is 26.8. The number of para-hydroxylation sites is 1. The first-order chi connectivity index (χ1) is 15.9. The average Bonchev–Trinajstić information content (AvgIpc) is 2.83. The lowest BCUT2D eigenvalue weighted by molar-refractivity contribution is -0.139. The smallest absolute Gasteiger partial charge is 0.333 e. The first kappa shape index (κ1) is 23.6. The summed E-state index contributed by atoms with van der Waals surface area (Å²) in [5.41, 5.74) is 4.20. The van der Waals surface area contributed by atoms with Gasteiger partial charge in [-0.25, -0.2) is 4.79 Å². The summed E-state index contributed by atoms with van der Waals surface area (Å²) in [6.45, 7) is 8.01. The molecule has 1 N–H and O–H groups in total. The number of hydrogen-bond donors (Lipinski definition) is 1. The number of rotatable bonds is 8. The molecule has 3 rings (SSSR count). The van der Waals surface area contributed by atoms with Crippen LogP contribution in [0.25, 0.3) is 5.57 Å². The number of ether oxygens (including phenoxy) is 2. The molecule has 0 spiro atoms. The third-order valence-electron chi connectivity index (χ3n) is 5.23. The van der Waals surface area contributed by atoms with Gasteiger partial charge in [-0.1, -0.05) is 31.7 Å². The molecule has 7 heteroatoms. The highest BCUT2D eigenvalue weighted by Crippen LogP contribution is 2.47. The number of fused-ring (bicyclic) bond motifs is 2. The van der Waals surface area contributed by atoms with Gasteiger partial charge in [-0.15, -0.1) is 0 Å². The Labute approximate surface area is 193 Å². The first-order valence-corrected chi connectivity index (χ1v) is 10.7. The number of nitrogens with one attached hydrogen (secondary N) is 1. The van der Waals surface area contributed by atoms with Crippen molar-refractivity contribution in [2.45, 2.75) is 20.3 Å². The predicted molar refractivity (Wildman–Crippen MR) is 127 cm³/mol. The molecule has 1 amide bonds. The van der Waals surface area contributed by atoms with Crippen LogP contribution in [0.1, 0.15) is 31.4 Å². The molecule has 1 aliphatic rings. The zero-order chi connectivity index (χ0) is 24.0. The molecule has 1 heterocycles. The Hall–Kier alpha value is -4.05. The number of hydrogen-bond acceptors (Lipinski definition) is 6. The number of anilines is 2. The van der Waals surface area contributed by atoms with Crippen LogP contribution >= 0.6 is 0 Å². The topological polar surface area (TPSA) is 91.7 Å². The fourth-order valence-electron chi connectivity index (χ4n) is 3.75. The van der Waals surface area contributed by atoms with Crippen molar-refractivity contribution in [2.24, 2.45) is 0 Å². The summed E-state index contributed by atoms with van der Waals surface area (Å²) in [5.74, 6) is -0.431. The van der Waals surface area contributed by atoms with Crippen LogP contribution in [-0.4, -0.2) is 38.7 Å². The minimum atomic E-state index is -0.536. The van der Waals surface area contributed by atoms with Gasteiger partial charge in [0.2, 0.25) is 0 Å². The van der Waals surface area contributed by atoms with Gasteiger partial charge in [-0.3, -0.25) is 4.79 Å². The van der Waals surface area contributed by atoms with Crippen LogP contribution in [0.2, 0.25) is 0 Å². The van der Waals surface area contributed by atoms with E-state index >= 15 is 0 Å². The molecule has 0 bridgehead atoms. The highest BCUT2D eigenvalue weighted by Gasteiger charge is 2.30. The fraction of sp³-hybridized carbons (Fsp3) is 0.269. The lowest BCUT2D eigenvalue weighted by Crippen LogP contribution is -2.31.